The lowest BCUT2D eigenvalue weighted by Crippen LogP contribution is -2.58. The van der Waals surface area contributed by atoms with Gasteiger partial charge >= 0.3 is 0 Å². The van der Waals surface area contributed by atoms with E-state index in [0.717, 1.165) is 24.2 Å². The number of carbonyl (C=O) groups excluding carboxylic acids is 2. The zero-order chi connectivity index (χ0) is 22.5. The Hall–Kier alpha value is -1.79. The summed E-state index contributed by atoms with van der Waals surface area (Å²) in [5.74, 6) is 1.12. The number of nitrogens with one attached hydrogen (secondary N) is 1. The lowest BCUT2D eigenvalue weighted by Gasteiger charge is -2.53. The van der Waals surface area contributed by atoms with Gasteiger partial charge in [0.15, 0.2) is 0 Å². The molecule has 0 spiro atoms. The predicted octanol–water partition coefficient (Wildman–Crippen LogP) is 3.97. The molecule has 0 unspecified atom stereocenters. The molecule has 0 saturated carbocycles. The average Bonchev–Trinajstić information content (AvgIpc) is 2.70. The Morgan fingerprint density at radius 2 is 2.03 bits per heavy atom. The summed E-state index contributed by atoms with van der Waals surface area (Å²) >= 11 is 6.28. The van der Waals surface area contributed by atoms with E-state index in [1.165, 1.54) is 6.92 Å². The van der Waals surface area contributed by atoms with Gasteiger partial charge < -0.3 is 19.7 Å². The molecule has 4 rings (SSSR count). The van der Waals surface area contributed by atoms with Crippen LogP contribution in [-0.4, -0.2) is 47.6 Å². The summed E-state index contributed by atoms with van der Waals surface area (Å²) < 4.78 is 13.0. The fraction of sp³-hybridized carbons (Fsp3) is 0.667. The Balaban J connectivity index is 1.53. The van der Waals surface area contributed by atoms with Gasteiger partial charge in [-0.2, -0.15) is 0 Å². The molecule has 2 fully saturated rings. The number of likely N-dealkylation sites (tertiary alicyclic amines) is 1. The molecule has 0 aliphatic carbocycles. The van der Waals surface area contributed by atoms with Crippen LogP contribution in [0.5, 0.6) is 5.75 Å². The van der Waals surface area contributed by atoms with Crippen molar-refractivity contribution in [2.75, 3.05) is 13.1 Å². The number of ether oxygens (including phenoxy) is 2. The van der Waals surface area contributed by atoms with Crippen molar-refractivity contribution >= 4 is 23.4 Å². The Morgan fingerprint density at radius 3 is 2.71 bits per heavy atom. The fourth-order valence-electron chi connectivity index (χ4n) is 5.41. The van der Waals surface area contributed by atoms with Gasteiger partial charge in [-0.15, -0.1) is 0 Å². The van der Waals surface area contributed by atoms with Gasteiger partial charge in [0.2, 0.25) is 11.8 Å². The first-order chi connectivity index (χ1) is 14.6. The van der Waals surface area contributed by atoms with Crippen molar-refractivity contribution in [3.8, 4) is 5.75 Å². The predicted molar refractivity (Wildman–Crippen MR) is 119 cm³/mol. The van der Waals surface area contributed by atoms with E-state index in [4.69, 9.17) is 21.1 Å². The topological polar surface area (TPSA) is 67.9 Å². The lowest BCUT2D eigenvalue weighted by molar-refractivity contribution is -0.189. The highest BCUT2D eigenvalue weighted by molar-refractivity contribution is 6.30. The summed E-state index contributed by atoms with van der Waals surface area (Å²) in [5, 5.41) is 3.51. The monoisotopic (exact) mass is 448 g/mol. The van der Waals surface area contributed by atoms with E-state index in [0.29, 0.717) is 18.1 Å². The van der Waals surface area contributed by atoms with E-state index in [2.05, 4.69) is 19.2 Å². The van der Waals surface area contributed by atoms with Crippen molar-refractivity contribution in [2.24, 2.45) is 17.8 Å². The summed E-state index contributed by atoms with van der Waals surface area (Å²) in [6.07, 6.45) is 1.76. The molecule has 170 valence electrons. The molecule has 1 N–H and O–H groups in total. The Kier molecular flexibility index (Phi) is 5.99. The Bertz CT molecular complexity index is 871. The van der Waals surface area contributed by atoms with Gasteiger partial charge in [-0.05, 0) is 50.8 Å². The number of benzene rings is 1. The van der Waals surface area contributed by atoms with Crippen LogP contribution in [0.25, 0.3) is 0 Å². The van der Waals surface area contributed by atoms with Gasteiger partial charge in [-0.25, -0.2) is 0 Å². The zero-order valence-electron chi connectivity index (χ0n) is 19.0. The van der Waals surface area contributed by atoms with Crippen molar-refractivity contribution in [1.29, 1.82) is 0 Å². The van der Waals surface area contributed by atoms with Gasteiger partial charge in [0.1, 0.15) is 17.4 Å². The molecular formula is C24H33ClN2O4. The molecule has 7 heteroatoms. The van der Waals surface area contributed by atoms with Crippen molar-refractivity contribution in [3.63, 3.8) is 0 Å². The van der Waals surface area contributed by atoms with Crippen LogP contribution in [0.1, 0.15) is 59.1 Å². The van der Waals surface area contributed by atoms with E-state index < -0.39 is 6.04 Å². The minimum Gasteiger partial charge on any atom is -0.487 e. The number of amides is 2. The van der Waals surface area contributed by atoms with Crippen LogP contribution in [0.4, 0.5) is 0 Å². The first-order valence-corrected chi connectivity index (χ1v) is 11.6. The highest BCUT2D eigenvalue weighted by atomic mass is 35.5. The van der Waals surface area contributed by atoms with Gasteiger partial charge in [-0.1, -0.05) is 25.4 Å². The second-order valence-corrected chi connectivity index (χ2v) is 10.5. The van der Waals surface area contributed by atoms with E-state index in [1.807, 2.05) is 36.9 Å². The third kappa shape index (κ3) is 4.29. The highest BCUT2D eigenvalue weighted by Crippen LogP contribution is 2.53. The summed E-state index contributed by atoms with van der Waals surface area (Å²) in [4.78, 5) is 26.7. The van der Waals surface area contributed by atoms with Crippen LogP contribution in [0.15, 0.2) is 18.2 Å². The third-order valence-electron chi connectivity index (χ3n) is 7.06. The van der Waals surface area contributed by atoms with Crippen molar-refractivity contribution in [3.05, 3.63) is 28.8 Å². The lowest BCUT2D eigenvalue weighted by atomic mass is 9.70. The zero-order valence-corrected chi connectivity index (χ0v) is 19.7. The Labute approximate surface area is 189 Å². The van der Waals surface area contributed by atoms with Crippen LogP contribution < -0.4 is 10.1 Å². The SMILES string of the molecule is CC(=O)N[C@@H](C(=O)N1CC[C@H]2O[C@H]3c4cc(Cl)ccc4OC(C)(C)[C@@H]3C[C@H]2C1)C(C)C. The number of fused-ring (bicyclic) bond motifs is 4. The molecule has 1 aromatic rings. The second-order valence-electron chi connectivity index (χ2n) is 10.1. The number of carbonyl (C=O) groups is 2. The maximum absolute atomic E-state index is 13.2. The molecule has 5 atom stereocenters. The molecule has 0 radical (unpaired) electrons. The minimum absolute atomic E-state index is 0.00190. The molecular weight excluding hydrogens is 416 g/mol. The fourth-order valence-corrected chi connectivity index (χ4v) is 5.59. The molecule has 0 bridgehead atoms. The average molecular weight is 449 g/mol. The number of hydrogen-bond donors (Lipinski definition) is 1. The van der Waals surface area contributed by atoms with Gasteiger partial charge in [0.05, 0.1) is 12.2 Å². The number of halogens is 1. The van der Waals surface area contributed by atoms with Crippen molar-refractivity contribution in [1.82, 2.24) is 10.2 Å². The Morgan fingerprint density at radius 1 is 1.29 bits per heavy atom. The first-order valence-electron chi connectivity index (χ1n) is 11.3. The number of hydrogen-bond acceptors (Lipinski definition) is 4. The molecule has 1 aromatic carbocycles. The van der Waals surface area contributed by atoms with Gasteiger partial charge in [0.25, 0.3) is 0 Å². The smallest absolute Gasteiger partial charge is 0.245 e. The van der Waals surface area contributed by atoms with E-state index in [1.54, 1.807) is 0 Å². The summed E-state index contributed by atoms with van der Waals surface area (Å²) in [5.41, 5.74) is 0.652. The molecule has 3 aliphatic heterocycles. The first kappa shape index (κ1) is 22.4. The standard InChI is InChI=1S/C24H33ClN2O4/c1-13(2)21(26-14(3)28)23(29)27-9-8-19-15(12-27)10-18-22(30-19)17-11-16(25)6-7-20(17)31-24(18,4)5/h6-7,11,13,15,18-19,21-22H,8-10,12H2,1-5H3,(H,26,28)/t15-,18+,19+,21+,22-/m0/s1. The molecule has 2 saturated heterocycles. The second kappa shape index (κ2) is 8.28. The number of piperidine rings is 1. The number of nitrogens with zero attached hydrogens (tertiary/aromatic N) is 1. The molecule has 6 nitrogen and oxygen atoms in total. The van der Waals surface area contributed by atoms with Crippen LogP contribution in [-0.2, 0) is 14.3 Å². The summed E-state index contributed by atoms with van der Waals surface area (Å²) in [7, 11) is 0. The highest BCUT2D eigenvalue weighted by Gasteiger charge is 2.51. The maximum Gasteiger partial charge on any atom is 0.245 e. The van der Waals surface area contributed by atoms with Gasteiger partial charge in [0, 0.05) is 42.4 Å². The number of rotatable bonds is 3. The van der Waals surface area contributed by atoms with E-state index in [-0.39, 0.29) is 47.4 Å². The summed E-state index contributed by atoms with van der Waals surface area (Å²) in [6.45, 7) is 10.9. The van der Waals surface area contributed by atoms with Crippen LogP contribution in [0, 0.1) is 17.8 Å². The molecule has 3 aliphatic rings. The molecule has 31 heavy (non-hydrogen) atoms. The minimum atomic E-state index is -0.491. The van der Waals surface area contributed by atoms with Crippen LogP contribution in [0.3, 0.4) is 0 Å². The van der Waals surface area contributed by atoms with Crippen LogP contribution in [0.2, 0.25) is 5.02 Å². The van der Waals surface area contributed by atoms with Crippen molar-refractivity contribution in [2.45, 2.75) is 71.3 Å². The third-order valence-corrected chi connectivity index (χ3v) is 7.29. The van der Waals surface area contributed by atoms with Crippen molar-refractivity contribution < 1.29 is 19.1 Å². The molecule has 3 heterocycles. The van der Waals surface area contributed by atoms with Gasteiger partial charge in [-0.3, -0.25) is 9.59 Å². The van der Waals surface area contributed by atoms with E-state index >= 15 is 0 Å². The normalized spacial score (nSPS) is 29.8. The van der Waals surface area contributed by atoms with E-state index in [9.17, 15) is 9.59 Å². The molecule has 2 amide bonds. The largest absolute Gasteiger partial charge is 0.487 e. The quantitative estimate of drug-likeness (QED) is 0.759. The van der Waals surface area contributed by atoms with Crippen LogP contribution >= 0.6 is 11.6 Å². The summed E-state index contributed by atoms with van der Waals surface area (Å²) in [6, 6.07) is 5.26. The maximum atomic E-state index is 13.2. The molecule has 0 aromatic heterocycles.